The van der Waals surface area contributed by atoms with E-state index < -0.39 is 0 Å². The molecule has 0 saturated carbocycles. The molecule has 6 rings (SSSR count). The molecular formula is C24H14ClNO2. The topological polar surface area (TPSA) is 23.4 Å². The van der Waals surface area contributed by atoms with E-state index in [-0.39, 0.29) is 0 Å². The second kappa shape index (κ2) is 5.78. The quantitative estimate of drug-likeness (QED) is 0.296. The largest absolute Gasteiger partial charge is 0.449 e. The lowest BCUT2D eigenvalue weighted by Gasteiger charge is -2.20. The smallest absolute Gasteiger partial charge is 0.172 e. The van der Waals surface area contributed by atoms with Crippen LogP contribution in [-0.2, 0) is 0 Å². The third kappa shape index (κ3) is 2.23. The van der Waals surface area contributed by atoms with Crippen molar-refractivity contribution in [2.45, 2.75) is 0 Å². The van der Waals surface area contributed by atoms with Gasteiger partial charge < -0.3 is 14.0 Å². The summed E-state index contributed by atoms with van der Waals surface area (Å²) < 4.78 is 14.5. The van der Waals surface area contributed by atoms with E-state index in [2.05, 4.69) is 22.8 Å². The normalized spacial score (nSPS) is 12.3. The van der Waals surface area contributed by atoms with Crippen LogP contribution in [0.25, 0.3) is 27.5 Å². The predicted molar refractivity (Wildman–Crippen MR) is 112 cm³/mol. The van der Waals surface area contributed by atoms with Crippen LogP contribution in [0.5, 0.6) is 23.0 Å². The summed E-state index contributed by atoms with van der Waals surface area (Å²) in [5, 5.41) is 2.86. The van der Waals surface area contributed by atoms with Crippen molar-refractivity contribution in [2.75, 3.05) is 0 Å². The molecule has 134 valence electrons. The van der Waals surface area contributed by atoms with Crippen molar-refractivity contribution in [3.63, 3.8) is 0 Å². The average molecular weight is 384 g/mol. The molecule has 4 aromatic carbocycles. The molecule has 1 aliphatic heterocycles. The average Bonchev–Trinajstić information content (AvgIpc) is 3.03. The highest BCUT2D eigenvalue weighted by Gasteiger charge is 2.22. The van der Waals surface area contributed by atoms with Gasteiger partial charge >= 0.3 is 0 Å². The SMILES string of the molecule is Clc1ccc2c(c1)c1cc3c(cc1n2-c1ccccc1)Oc1ccccc1O3. The molecule has 0 amide bonds. The number of benzene rings is 4. The van der Waals surface area contributed by atoms with Crippen molar-refractivity contribution in [1.29, 1.82) is 0 Å². The first-order valence-electron chi connectivity index (χ1n) is 9.06. The van der Waals surface area contributed by atoms with Crippen molar-refractivity contribution in [3.8, 4) is 28.7 Å². The van der Waals surface area contributed by atoms with E-state index in [0.717, 1.165) is 39.0 Å². The number of hydrogen-bond donors (Lipinski definition) is 0. The summed E-state index contributed by atoms with van der Waals surface area (Å²) in [4.78, 5) is 0. The van der Waals surface area contributed by atoms with Gasteiger partial charge in [0, 0.05) is 27.5 Å². The summed E-state index contributed by atoms with van der Waals surface area (Å²) in [6.45, 7) is 0. The van der Waals surface area contributed by atoms with Crippen molar-refractivity contribution in [2.24, 2.45) is 0 Å². The number of ether oxygens (including phenoxy) is 2. The fourth-order valence-electron chi connectivity index (χ4n) is 3.87. The van der Waals surface area contributed by atoms with E-state index in [4.69, 9.17) is 21.1 Å². The first-order chi connectivity index (χ1) is 13.8. The van der Waals surface area contributed by atoms with Crippen molar-refractivity contribution in [1.82, 2.24) is 4.57 Å². The number of rotatable bonds is 1. The van der Waals surface area contributed by atoms with Crippen molar-refractivity contribution in [3.05, 3.63) is 90.0 Å². The summed E-state index contributed by atoms with van der Waals surface area (Å²) in [6.07, 6.45) is 0. The fourth-order valence-corrected chi connectivity index (χ4v) is 4.04. The number of para-hydroxylation sites is 3. The Labute approximate surface area is 166 Å². The Morgan fingerprint density at radius 2 is 1.21 bits per heavy atom. The van der Waals surface area contributed by atoms with E-state index >= 15 is 0 Å². The van der Waals surface area contributed by atoms with E-state index in [1.54, 1.807) is 0 Å². The van der Waals surface area contributed by atoms with Crippen LogP contribution in [-0.4, -0.2) is 4.57 Å². The van der Waals surface area contributed by atoms with Gasteiger partial charge in [-0.1, -0.05) is 41.9 Å². The Morgan fingerprint density at radius 1 is 0.571 bits per heavy atom. The van der Waals surface area contributed by atoms with E-state index in [1.165, 1.54) is 0 Å². The highest BCUT2D eigenvalue weighted by molar-refractivity contribution is 6.32. The van der Waals surface area contributed by atoms with Gasteiger partial charge in [-0.05, 0) is 48.5 Å². The third-order valence-corrected chi connectivity index (χ3v) is 5.33. The lowest BCUT2D eigenvalue weighted by Crippen LogP contribution is -1.99. The van der Waals surface area contributed by atoms with Crippen molar-refractivity contribution >= 4 is 33.4 Å². The van der Waals surface area contributed by atoms with Crippen LogP contribution in [0.1, 0.15) is 0 Å². The standard InChI is InChI=1S/C24H14ClNO2/c25-15-10-11-19-17(12-15)18-13-23-24(28-22-9-5-4-8-21(22)27-23)14-20(18)26(19)16-6-2-1-3-7-16/h1-14H. The molecule has 28 heavy (non-hydrogen) atoms. The van der Waals surface area contributed by atoms with Gasteiger partial charge in [0.05, 0.1) is 11.0 Å². The van der Waals surface area contributed by atoms with E-state index in [0.29, 0.717) is 16.5 Å². The van der Waals surface area contributed by atoms with Crippen LogP contribution in [0.2, 0.25) is 5.02 Å². The number of nitrogens with zero attached hydrogens (tertiary/aromatic N) is 1. The molecule has 3 nitrogen and oxygen atoms in total. The minimum absolute atomic E-state index is 0.706. The Balaban J connectivity index is 1.69. The molecule has 2 heterocycles. The van der Waals surface area contributed by atoms with E-state index in [9.17, 15) is 0 Å². The molecule has 1 aliphatic rings. The second-order valence-corrected chi connectivity index (χ2v) is 7.24. The molecule has 5 aromatic rings. The summed E-state index contributed by atoms with van der Waals surface area (Å²) in [5.41, 5.74) is 3.22. The lowest BCUT2D eigenvalue weighted by atomic mass is 10.1. The van der Waals surface area contributed by atoms with Crippen LogP contribution in [0.4, 0.5) is 0 Å². The molecule has 0 radical (unpaired) electrons. The maximum absolute atomic E-state index is 6.32. The zero-order valence-corrected chi connectivity index (χ0v) is 15.5. The Morgan fingerprint density at radius 3 is 1.96 bits per heavy atom. The van der Waals surface area contributed by atoms with Gasteiger partial charge in [0.1, 0.15) is 0 Å². The lowest BCUT2D eigenvalue weighted by molar-refractivity contribution is 0.360. The van der Waals surface area contributed by atoms with Crippen LogP contribution < -0.4 is 9.47 Å². The van der Waals surface area contributed by atoms with E-state index in [1.807, 2.05) is 66.7 Å². The van der Waals surface area contributed by atoms with Gasteiger partial charge in [0.15, 0.2) is 23.0 Å². The Hall–Kier alpha value is -3.43. The highest BCUT2D eigenvalue weighted by atomic mass is 35.5. The van der Waals surface area contributed by atoms with Crippen LogP contribution in [0.3, 0.4) is 0 Å². The van der Waals surface area contributed by atoms with Gasteiger partial charge in [-0.3, -0.25) is 0 Å². The number of hydrogen-bond acceptors (Lipinski definition) is 2. The molecule has 0 atom stereocenters. The predicted octanol–water partition coefficient (Wildman–Crippen LogP) is 7.34. The number of halogens is 1. The Kier molecular flexibility index (Phi) is 3.22. The maximum atomic E-state index is 6.32. The zero-order valence-electron chi connectivity index (χ0n) is 14.7. The van der Waals surface area contributed by atoms with Crippen LogP contribution in [0, 0.1) is 0 Å². The third-order valence-electron chi connectivity index (χ3n) is 5.10. The van der Waals surface area contributed by atoms with Gasteiger partial charge in [0.25, 0.3) is 0 Å². The zero-order chi connectivity index (χ0) is 18.7. The molecule has 0 N–H and O–H groups in total. The van der Waals surface area contributed by atoms with Gasteiger partial charge in [-0.25, -0.2) is 0 Å². The minimum Gasteiger partial charge on any atom is -0.449 e. The molecule has 1 aromatic heterocycles. The molecule has 0 bridgehead atoms. The maximum Gasteiger partial charge on any atom is 0.172 e. The first kappa shape index (κ1) is 15.6. The molecule has 0 saturated heterocycles. The second-order valence-electron chi connectivity index (χ2n) is 6.80. The summed E-state index contributed by atoms with van der Waals surface area (Å²) in [6, 6.07) is 28.1. The van der Waals surface area contributed by atoms with Gasteiger partial charge in [0.2, 0.25) is 0 Å². The summed E-state index contributed by atoms with van der Waals surface area (Å²) >= 11 is 6.32. The first-order valence-corrected chi connectivity index (χ1v) is 9.44. The molecule has 0 spiro atoms. The number of aromatic nitrogens is 1. The molecule has 0 fully saturated rings. The monoisotopic (exact) mass is 383 g/mol. The summed E-state index contributed by atoms with van der Waals surface area (Å²) in [5.74, 6) is 2.86. The Bertz CT molecular complexity index is 1370. The van der Waals surface area contributed by atoms with Gasteiger partial charge in [-0.2, -0.15) is 0 Å². The molecule has 0 unspecified atom stereocenters. The minimum atomic E-state index is 0.706. The van der Waals surface area contributed by atoms with Crippen LogP contribution in [0.15, 0.2) is 84.9 Å². The summed E-state index contributed by atoms with van der Waals surface area (Å²) in [7, 11) is 0. The molecular weight excluding hydrogens is 370 g/mol. The highest BCUT2D eigenvalue weighted by Crippen LogP contribution is 2.48. The molecule has 0 aliphatic carbocycles. The van der Waals surface area contributed by atoms with Crippen LogP contribution >= 0.6 is 11.6 Å². The molecule has 4 heteroatoms. The fraction of sp³-hybridized carbons (Fsp3) is 0. The van der Waals surface area contributed by atoms with Gasteiger partial charge in [-0.15, -0.1) is 0 Å². The number of fused-ring (bicyclic) bond motifs is 5. The van der Waals surface area contributed by atoms with Crippen molar-refractivity contribution < 1.29 is 9.47 Å².